The normalized spacial score (nSPS) is 10.5. The lowest BCUT2D eigenvalue weighted by Crippen LogP contribution is -2.25. The maximum Gasteiger partial charge on any atom is 0.251 e. The molecule has 0 aliphatic carbocycles. The van der Waals surface area contributed by atoms with Crippen molar-refractivity contribution < 1.29 is 4.79 Å². The molecule has 31 heavy (non-hydrogen) atoms. The van der Waals surface area contributed by atoms with Gasteiger partial charge in [0.05, 0.1) is 5.69 Å². The summed E-state index contributed by atoms with van der Waals surface area (Å²) in [6, 6.07) is 23.1. The topological polar surface area (TPSA) is 79.8 Å². The molecule has 0 atom stereocenters. The molecule has 6 nitrogen and oxygen atoms in total. The van der Waals surface area contributed by atoms with Crippen LogP contribution in [0, 0.1) is 6.92 Å². The standard InChI is InChI=1S/C25H23N5O/c1-18-5-7-19(8-6-18)23-14-17-28-25(30-23)29-22-11-9-20(10-12-22)24(31)27-16-13-21-4-2-3-15-26-21/h2-12,14-15,17H,13,16H2,1H3,(H,27,31)(H,28,29,30). The second-order valence-electron chi connectivity index (χ2n) is 7.16. The lowest BCUT2D eigenvalue weighted by molar-refractivity contribution is 0.0954. The Hall–Kier alpha value is -4.06. The zero-order valence-corrected chi connectivity index (χ0v) is 17.2. The molecule has 2 heterocycles. The molecule has 0 fully saturated rings. The van der Waals surface area contributed by atoms with Gasteiger partial charge in [0.15, 0.2) is 0 Å². The molecule has 0 saturated carbocycles. The number of nitrogens with one attached hydrogen (secondary N) is 2. The van der Waals surface area contributed by atoms with Gasteiger partial charge in [-0.1, -0.05) is 35.9 Å². The second kappa shape index (κ2) is 9.63. The van der Waals surface area contributed by atoms with Gasteiger partial charge in [-0.15, -0.1) is 0 Å². The number of hydrogen-bond acceptors (Lipinski definition) is 5. The van der Waals surface area contributed by atoms with Gasteiger partial charge in [0.1, 0.15) is 0 Å². The predicted molar refractivity (Wildman–Crippen MR) is 122 cm³/mol. The third kappa shape index (κ3) is 5.51. The van der Waals surface area contributed by atoms with Crippen LogP contribution >= 0.6 is 0 Å². The Morgan fingerprint density at radius 3 is 2.42 bits per heavy atom. The maximum absolute atomic E-state index is 12.4. The summed E-state index contributed by atoms with van der Waals surface area (Å²) in [5.74, 6) is 0.394. The van der Waals surface area contributed by atoms with Gasteiger partial charge >= 0.3 is 0 Å². The Bertz CT molecular complexity index is 1140. The van der Waals surface area contributed by atoms with Crippen LogP contribution in [0.2, 0.25) is 0 Å². The number of anilines is 2. The average Bonchev–Trinajstić information content (AvgIpc) is 2.81. The van der Waals surface area contributed by atoms with Gasteiger partial charge in [0.25, 0.3) is 5.91 Å². The molecule has 0 radical (unpaired) electrons. The van der Waals surface area contributed by atoms with E-state index in [9.17, 15) is 4.79 Å². The van der Waals surface area contributed by atoms with Crippen molar-refractivity contribution in [2.24, 2.45) is 0 Å². The van der Waals surface area contributed by atoms with E-state index in [1.165, 1.54) is 5.56 Å². The summed E-state index contributed by atoms with van der Waals surface area (Å²) in [4.78, 5) is 25.5. The molecule has 154 valence electrons. The first-order valence-electron chi connectivity index (χ1n) is 10.1. The largest absolute Gasteiger partial charge is 0.352 e. The van der Waals surface area contributed by atoms with E-state index in [1.807, 2.05) is 48.5 Å². The number of hydrogen-bond donors (Lipinski definition) is 2. The quantitative estimate of drug-likeness (QED) is 0.468. The van der Waals surface area contributed by atoms with E-state index in [4.69, 9.17) is 0 Å². The van der Waals surface area contributed by atoms with Gasteiger partial charge in [-0.05, 0) is 49.4 Å². The molecule has 2 aromatic carbocycles. The van der Waals surface area contributed by atoms with Crippen molar-refractivity contribution in [2.45, 2.75) is 13.3 Å². The summed E-state index contributed by atoms with van der Waals surface area (Å²) in [6.45, 7) is 2.59. The predicted octanol–water partition coefficient (Wildman–Crippen LogP) is 4.56. The second-order valence-corrected chi connectivity index (χ2v) is 7.16. The van der Waals surface area contributed by atoms with Crippen molar-refractivity contribution in [2.75, 3.05) is 11.9 Å². The number of pyridine rings is 1. The Morgan fingerprint density at radius 2 is 1.68 bits per heavy atom. The van der Waals surface area contributed by atoms with E-state index >= 15 is 0 Å². The first kappa shape index (κ1) is 20.2. The monoisotopic (exact) mass is 409 g/mol. The van der Waals surface area contributed by atoms with Crippen molar-refractivity contribution >= 4 is 17.5 Å². The van der Waals surface area contributed by atoms with Gasteiger partial charge < -0.3 is 10.6 Å². The van der Waals surface area contributed by atoms with Gasteiger partial charge in [-0.3, -0.25) is 9.78 Å². The highest BCUT2D eigenvalue weighted by atomic mass is 16.1. The molecule has 6 heteroatoms. The van der Waals surface area contributed by atoms with Crippen LogP contribution in [-0.2, 0) is 6.42 Å². The molecule has 0 saturated heterocycles. The summed E-state index contributed by atoms with van der Waals surface area (Å²) in [6.07, 6.45) is 4.18. The lowest BCUT2D eigenvalue weighted by atomic mass is 10.1. The van der Waals surface area contributed by atoms with E-state index in [2.05, 4.69) is 44.6 Å². The van der Waals surface area contributed by atoms with Gasteiger partial charge in [-0.2, -0.15) is 0 Å². The molecule has 2 N–H and O–H groups in total. The molecule has 4 aromatic rings. The van der Waals surface area contributed by atoms with Crippen molar-refractivity contribution in [1.29, 1.82) is 0 Å². The Kier molecular flexibility index (Phi) is 6.28. The molecule has 0 bridgehead atoms. The molecule has 0 aliphatic rings. The molecular formula is C25H23N5O. The van der Waals surface area contributed by atoms with Crippen LogP contribution in [0.5, 0.6) is 0 Å². The number of amides is 1. The van der Waals surface area contributed by atoms with Crippen LogP contribution in [0.4, 0.5) is 11.6 Å². The summed E-state index contributed by atoms with van der Waals surface area (Å²) in [7, 11) is 0. The number of nitrogens with zero attached hydrogens (tertiary/aromatic N) is 3. The fourth-order valence-corrected chi connectivity index (χ4v) is 3.09. The minimum absolute atomic E-state index is 0.111. The van der Waals surface area contributed by atoms with Crippen LogP contribution in [0.1, 0.15) is 21.6 Å². The molecule has 0 spiro atoms. The fourth-order valence-electron chi connectivity index (χ4n) is 3.09. The van der Waals surface area contributed by atoms with Gasteiger partial charge in [-0.25, -0.2) is 9.97 Å². The molecule has 2 aromatic heterocycles. The first-order valence-corrected chi connectivity index (χ1v) is 10.1. The van der Waals surface area contributed by atoms with Crippen LogP contribution in [0.25, 0.3) is 11.3 Å². The Balaban J connectivity index is 1.35. The van der Waals surface area contributed by atoms with Crippen LogP contribution in [0.3, 0.4) is 0 Å². The van der Waals surface area contributed by atoms with Crippen LogP contribution < -0.4 is 10.6 Å². The maximum atomic E-state index is 12.4. The lowest BCUT2D eigenvalue weighted by Gasteiger charge is -2.08. The minimum Gasteiger partial charge on any atom is -0.352 e. The number of carbonyl (C=O) groups excluding carboxylic acids is 1. The molecule has 0 unspecified atom stereocenters. The summed E-state index contributed by atoms with van der Waals surface area (Å²) in [5.41, 5.74) is 5.45. The first-order chi connectivity index (χ1) is 15.2. The van der Waals surface area contributed by atoms with E-state index in [0.717, 1.165) is 22.6 Å². The molecule has 1 amide bonds. The van der Waals surface area contributed by atoms with E-state index < -0.39 is 0 Å². The zero-order chi connectivity index (χ0) is 21.5. The molecule has 0 aliphatic heterocycles. The Labute approximate surface area is 181 Å². The SMILES string of the molecule is Cc1ccc(-c2ccnc(Nc3ccc(C(=O)NCCc4ccccn4)cc3)n2)cc1. The zero-order valence-electron chi connectivity index (χ0n) is 17.2. The van der Waals surface area contributed by atoms with Crippen molar-refractivity contribution in [3.8, 4) is 11.3 Å². The number of carbonyl (C=O) groups is 1. The third-order valence-corrected chi connectivity index (χ3v) is 4.80. The van der Waals surface area contributed by atoms with Crippen molar-refractivity contribution in [3.63, 3.8) is 0 Å². The highest BCUT2D eigenvalue weighted by molar-refractivity contribution is 5.94. The fraction of sp³-hybridized carbons (Fsp3) is 0.120. The summed E-state index contributed by atoms with van der Waals surface area (Å²) >= 11 is 0. The highest BCUT2D eigenvalue weighted by Gasteiger charge is 2.07. The average molecular weight is 409 g/mol. The Morgan fingerprint density at radius 1 is 0.871 bits per heavy atom. The summed E-state index contributed by atoms with van der Waals surface area (Å²) < 4.78 is 0. The van der Waals surface area contributed by atoms with E-state index in [-0.39, 0.29) is 5.91 Å². The van der Waals surface area contributed by atoms with Crippen LogP contribution in [0.15, 0.2) is 85.2 Å². The number of rotatable bonds is 7. The van der Waals surface area contributed by atoms with E-state index in [1.54, 1.807) is 24.5 Å². The van der Waals surface area contributed by atoms with Gasteiger partial charge in [0, 0.05) is 47.9 Å². The number of aromatic nitrogens is 3. The highest BCUT2D eigenvalue weighted by Crippen LogP contribution is 2.20. The van der Waals surface area contributed by atoms with E-state index in [0.29, 0.717) is 24.5 Å². The number of aryl methyl sites for hydroxylation is 1. The van der Waals surface area contributed by atoms with Crippen LogP contribution in [-0.4, -0.2) is 27.4 Å². The molecular weight excluding hydrogens is 386 g/mol. The van der Waals surface area contributed by atoms with Crippen molar-refractivity contribution in [3.05, 3.63) is 102 Å². The third-order valence-electron chi connectivity index (χ3n) is 4.80. The van der Waals surface area contributed by atoms with Crippen molar-refractivity contribution in [1.82, 2.24) is 20.3 Å². The smallest absolute Gasteiger partial charge is 0.251 e. The number of benzene rings is 2. The summed E-state index contributed by atoms with van der Waals surface area (Å²) in [5, 5.41) is 6.12. The van der Waals surface area contributed by atoms with Gasteiger partial charge in [0.2, 0.25) is 5.95 Å². The molecule has 4 rings (SSSR count). The minimum atomic E-state index is -0.111.